The first-order valence-electron chi connectivity index (χ1n) is 4.36. The van der Waals surface area contributed by atoms with Crippen LogP contribution < -0.4 is 16.2 Å². The average Bonchev–Trinajstić information content (AvgIpc) is 2.17. The number of hydrogen-bond donors (Lipinski definition) is 2. The first-order valence-corrected chi connectivity index (χ1v) is 4.36. The maximum atomic E-state index is 5.60. The Bertz CT molecular complexity index is 429. The summed E-state index contributed by atoms with van der Waals surface area (Å²) in [5, 5.41) is 0. The van der Waals surface area contributed by atoms with Crippen molar-refractivity contribution < 1.29 is 4.74 Å². The first kappa shape index (κ1) is 9.26. The Morgan fingerprint density at radius 2 is 2.00 bits per heavy atom. The van der Waals surface area contributed by atoms with Gasteiger partial charge in [-0.2, -0.15) is 4.98 Å². The zero-order valence-electron chi connectivity index (χ0n) is 7.92. The van der Waals surface area contributed by atoms with E-state index in [2.05, 4.69) is 9.97 Å². The van der Waals surface area contributed by atoms with Crippen LogP contribution in [-0.4, -0.2) is 9.97 Å². The van der Waals surface area contributed by atoms with Crippen LogP contribution in [0.3, 0.4) is 0 Å². The van der Waals surface area contributed by atoms with Crippen LogP contribution in [0, 0.1) is 0 Å². The predicted octanol–water partition coefficient (Wildman–Crippen LogP) is 1.43. The lowest BCUT2D eigenvalue weighted by Crippen LogP contribution is -1.96. The Morgan fingerprint density at radius 1 is 1.13 bits per heavy atom. The Hall–Kier alpha value is -2.30. The number of anilines is 2. The molecule has 0 saturated carbocycles. The van der Waals surface area contributed by atoms with Gasteiger partial charge in [-0.25, -0.2) is 4.98 Å². The highest BCUT2D eigenvalue weighted by molar-refractivity contribution is 5.44. The largest absolute Gasteiger partial charge is 0.439 e. The van der Waals surface area contributed by atoms with Gasteiger partial charge in [0.05, 0.1) is 0 Å². The fraction of sp³-hybridized carbons (Fsp3) is 0. The van der Waals surface area contributed by atoms with Crippen molar-refractivity contribution in [3.8, 4) is 11.6 Å². The van der Waals surface area contributed by atoms with E-state index < -0.39 is 0 Å². The number of ether oxygens (including phenoxy) is 1. The third kappa shape index (κ3) is 2.34. The van der Waals surface area contributed by atoms with Gasteiger partial charge in [0, 0.05) is 24.0 Å². The van der Waals surface area contributed by atoms with E-state index in [0.717, 1.165) is 0 Å². The molecule has 0 amide bonds. The zero-order valence-corrected chi connectivity index (χ0v) is 7.92. The van der Waals surface area contributed by atoms with Crippen molar-refractivity contribution in [3.05, 3.63) is 36.5 Å². The number of benzene rings is 1. The second-order valence-corrected chi connectivity index (χ2v) is 2.93. The van der Waals surface area contributed by atoms with Crippen LogP contribution in [-0.2, 0) is 0 Å². The molecular formula is C10H10N4O. The van der Waals surface area contributed by atoms with Crippen LogP contribution in [0.4, 0.5) is 11.6 Å². The summed E-state index contributed by atoms with van der Waals surface area (Å²) in [6, 6.07) is 8.70. The zero-order chi connectivity index (χ0) is 10.7. The Kier molecular flexibility index (Phi) is 2.37. The van der Waals surface area contributed by atoms with Crippen molar-refractivity contribution in [2.45, 2.75) is 0 Å². The molecule has 1 aromatic carbocycles. The van der Waals surface area contributed by atoms with Crippen LogP contribution in [0.15, 0.2) is 36.5 Å². The SMILES string of the molecule is Nc1cccc(Oc2ccnc(N)n2)c1. The molecule has 0 bridgehead atoms. The van der Waals surface area contributed by atoms with Gasteiger partial charge in [0.1, 0.15) is 5.75 Å². The number of nitrogens with zero attached hydrogens (tertiary/aromatic N) is 2. The fourth-order valence-corrected chi connectivity index (χ4v) is 1.11. The molecule has 1 heterocycles. The minimum absolute atomic E-state index is 0.177. The van der Waals surface area contributed by atoms with Crippen LogP contribution in [0.25, 0.3) is 0 Å². The minimum Gasteiger partial charge on any atom is -0.439 e. The van der Waals surface area contributed by atoms with Gasteiger partial charge in [0.2, 0.25) is 11.8 Å². The first-order chi connectivity index (χ1) is 7.24. The van der Waals surface area contributed by atoms with Crippen molar-refractivity contribution in [2.24, 2.45) is 0 Å². The third-order valence-corrected chi connectivity index (χ3v) is 1.73. The van der Waals surface area contributed by atoms with Crippen molar-refractivity contribution >= 4 is 11.6 Å². The Labute approximate surface area is 86.7 Å². The van der Waals surface area contributed by atoms with Gasteiger partial charge in [-0.15, -0.1) is 0 Å². The molecule has 0 unspecified atom stereocenters. The molecule has 4 N–H and O–H groups in total. The monoisotopic (exact) mass is 202 g/mol. The van der Waals surface area contributed by atoms with Gasteiger partial charge >= 0.3 is 0 Å². The van der Waals surface area contributed by atoms with E-state index >= 15 is 0 Å². The molecule has 0 aliphatic heterocycles. The molecule has 0 radical (unpaired) electrons. The average molecular weight is 202 g/mol. The summed E-state index contributed by atoms with van der Waals surface area (Å²) >= 11 is 0. The summed E-state index contributed by atoms with van der Waals surface area (Å²) in [5.41, 5.74) is 11.7. The lowest BCUT2D eigenvalue weighted by atomic mass is 10.3. The second-order valence-electron chi connectivity index (χ2n) is 2.93. The van der Waals surface area contributed by atoms with Crippen LogP contribution in [0.2, 0.25) is 0 Å². The van der Waals surface area contributed by atoms with Gasteiger partial charge in [-0.1, -0.05) is 6.07 Å². The normalized spacial score (nSPS) is 9.87. The van der Waals surface area contributed by atoms with Gasteiger partial charge in [-0.05, 0) is 12.1 Å². The van der Waals surface area contributed by atoms with Gasteiger partial charge in [-0.3, -0.25) is 0 Å². The van der Waals surface area contributed by atoms with Gasteiger partial charge in [0.15, 0.2) is 0 Å². The molecular weight excluding hydrogens is 192 g/mol. The van der Waals surface area contributed by atoms with E-state index in [4.69, 9.17) is 16.2 Å². The number of rotatable bonds is 2. The van der Waals surface area contributed by atoms with Crippen LogP contribution in [0.5, 0.6) is 11.6 Å². The Balaban J connectivity index is 2.22. The highest BCUT2D eigenvalue weighted by Gasteiger charge is 1.99. The molecule has 2 aromatic rings. The van der Waals surface area contributed by atoms with E-state index in [9.17, 15) is 0 Å². The summed E-state index contributed by atoms with van der Waals surface area (Å²) in [6.07, 6.45) is 1.53. The molecule has 0 aliphatic rings. The summed E-state index contributed by atoms with van der Waals surface area (Å²) in [6.45, 7) is 0. The molecule has 2 rings (SSSR count). The summed E-state index contributed by atoms with van der Waals surface area (Å²) < 4.78 is 5.43. The van der Waals surface area contributed by atoms with Crippen LogP contribution >= 0.6 is 0 Å². The van der Waals surface area contributed by atoms with E-state index in [1.807, 2.05) is 0 Å². The number of aromatic nitrogens is 2. The highest BCUT2D eigenvalue weighted by atomic mass is 16.5. The molecule has 0 spiro atoms. The van der Waals surface area contributed by atoms with E-state index in [-0.39, 0.29) is 5.95 Å². The molecule has 0 saturated heterocycles. The summed E-state index contributed by atoms with van der Waals surface area (Å²) in [7, 11) is 0. The van der Waals surface area contributed by atoms with Gasteiger partial charge in [0.25, 0.3) is 0 Å². The number of nitrogen functional groups attached to an aromatic ring is 2. The number of hydrogen-bond acceptors (Lipinski definition) is 5. The quantitative estimate of drug-likeness (QED) is 0.719. The molecule has 15 heavy (non-hydrogen) atoms. The van der Waals surface area contributed by atoms with E-state index in [1.165, 1.54) is 6.20 Å². The molecule has 5 nitrogen and oxygen atoms in total. The standard InChI is InChI=1S/C10H10N4O/c11-7-2-1-3-8(6-7)15-9-4-5-13-10(12)14-9/h1-6H,11H2,(H2,12,13,14). The van der Waals surface area contributed by atoms with Crippen molar-refractivity contribution in [2.75, 3.05) is 11.5 Å². The second kappa shape index (κ2) is 3.83. The molecule has 0 atom stereocenters. The number of nitrogens with two attached hydrogens (primary N) is 2. The minimum atomic E-state index is 0.177. The van der Waals surface area contributed by atoms with E-state index in [0.29, 0.717) is 17.3 Å². The summed E-state index contributed by atoms with van der Waals surface area (Å²) in [4.78, 5) is 7.66. The molecule has 0 fully saturated rings. The predicted molar refractivity (Wildman–Crippen MR) is 57.4 cm³/mol. The fourth-order valence-electron chi connectivity index (χ4n) is 1.11. The lowest BCUT2D eigenvalue weighted by Gasteiger charge is -2.04. The van der Waals surface area contributed by atoms with E-state index in [1.54, 1.807) is 30.3 Å². The molecule has 0 aliphatic carbocycles. The third-order valence-electron chi connectivity index (χ3n) is 1.73. The lowest BCUT2D eigenvalue weighted by molar-refractivity contribution is 0.463. The smallest absolute Gasteiger partial charge is 0.224 e. The van der Waals surface area contributed by atoms with Crippen molar-refractivity contribution in [1.29, 1.82) is 0 Å². The van der Waals surface area contributed by atoms with Crippen molar-refractivity contribution in [3.63, 3.8) is 0 Å². The topological polar surface area (TPSA) is 87.0 Å². The van der Waals surface area contributed by atoms with Gasteiger partial charge < -0.3 is 16.2 Å². The molecule has 76 valence electrons. The van der Waals surface area contributed by atoms with Crippen molar-refractivity contribution in [1.82, 2.24) is 9.97 Å². The molecule has 1 aromatic heterocycles. The molecule has 5 heteroatoms. The maximum Gasteiger partial charge on any atom is 0.224 e. The maximum absolute atomic E-state index is 5.60. The van der Waals surface area contributed by atoms with Crippen LogP contribution in [0.1, 0.15) is 0 Å². The highest BCUT2D eigenvalue weighted by Crippen LogP contribution is 2.21. The Morgan fingerprint density at radius 3 is 2.73 bits per heavy atom. The summed E-state index contributed by atoms with van der Waals surface area (Å²) in [5.74, 6) is 1.19.